The molecule has 1 aromatic heterocycles. The van der Waals surface area contributed by atoms with E-state index in [0.717, 1.165) is 31.0 Å². The van der Waals surface area contributed by atoms with Crippen molar-refractivity contribution in [2.45, 2.75) is 31.3 Å². The second-order valence-corrected chi connectivity index (χ2v) is 4.82. The van der Waals surface area contributed by atoms with Gasteiger partial charge in [-0.1, -0.05) is 5.16 Å². The Kier molecular flexibility index (Phi) is 2.82. The van der Waals surface area contributed by atoms with E-state index < -0.39 is 17.2 Å². The molecule has 0 atom stereocenters. The molecular weight excluding hydrogens is 254 g/mol. The van der Waals surface area contributed by atoms with Crippen molar-refractivity contribution < 1.29 is 18.4 Å². The van der Waals surface area contributed by atoms with E-state index in [1.165, 1.54) is 0 Å². The molecule has 0 saturated heterocycles. The molecule has 3 rings (SSSR count). The summed E-state index contributed by atoms with van der Waals surface area (Å²) in [5.41, 5.74) is -0.911. The van der Waals surface area contributed by atoms with Crippen molar-refractivity contribution in [1.29, 1.82) is 0 Å². The van der Waals surface area contributed by atoms with E-state index in [9.17, 15) is 13.9 Å². The molecule has 0 aliphatic heterocycles. The topological polar surface area (TPSA) is 59.2 Å². The van der Waals surface area contributed by atoms with E-state index in [1.807, 2.05) is 0 Å². The van der Waals surface area contributed by atoms with Crippen LogP contribution in [0.2, 0.25) is 0 Å². The Labute approximate surface area is 108 Å². The van der Waals surface area contributed by atoms with Crippen molar-refractivity contribution in [1.82, 2.24) is 10.1 Å². The molecule has 0 radical (unpaired) electrons. The minimum Gasteiger partial charge on any atom is -0.380 e. The minimum absolute atomic E-state index is 0.0775. The van der Waals surface area contributed by atoms with Crippen LogP contribution >= 0.6 is 0 Å². The molecule has 2 aromatic rings. The molecular formula is C13H12F2N2O2. The number of benzene rings is 1. The lowest BCUT2D eigenvalue weighted by atomic mass is 10.0. The van der Waals surface area contributed by atoms with Gasteiger partial charge in [0.1, 0.15) is 17.2 Å². The van der Waals surface area contributed by atoms with Gasteiger partial charge in [0.15, 0.2) is 0 Å². The maximum Gasteiger partial charge on any atom is 0.258 e. The number of nitrogens with zero attached hydrogens (tertiary/aromatic N) is 2. The molecule has 6 heteroatoms. The second kappa shape index (κ2) is 4.38. The van der Waals surface area contributed by atoms with Crippen molar-refractivity contribution in [3.05, 3.63) is 35.7 Å². The molecule has 1 heterocycles. The molecule has 0 amide bonds. The third-order valence-electron chi connectivity index (χ3n) is 3.38. The molecule has 4 nitrogen and oxygen atoms in total. The van der Waals surface area contributed by atoms with Crippen molar-refractivity contribution in [3.8, 4) is 11.4 Å². The molecule has 1 aromatic carbocycles. The van der Waals surface area contributed by atoms with Crippen LogP contribution in [0.5, 0.6) is 0 Å². The van der Waals surface area contributed by atoms with Gasteiger partial charge in [0.05, 0.1) is 0 Å². The normalized spacial score (nSPS) is 17.8. The molecule has 0 unspecified atom stereocenters. The lowest BCUT2D eigenvalue weighted by Crippen LogP contribution is -2.21. The molecule has 1 fully saturated rings. The predicted octanol–water partition coefficient (Wildman–Crippen LogP) is 2.78. The van der Waals surface area contributed by atoms with Crippen LogP contribution < -0.4 is 0 Å². The van der Waals surface area contributed by atoms with Gasteiger partial charge in [-0.15, -0.1) is 0 Å². The summed E-state index contributed by atoms with van der Waals surface area (Å²) in [5.74, 6) is -1.22. The van der Waals surface area contributed by atoms with Gasteiger partial charge in [0.25, 0.3) is 5.89 Å². The van der Waals surface area contributed by atoms with Gasteiger partial charge in [-0.2, -0.15) is 4.98 Å². The Morgan fingerprint density at radius 3 is 2.37 bits per heavy atom. The van der Waals surface area contributed by atoms with Crippen molar-refractivity contribution in [2.75, 3.05) is 0 Å². The Balaban J connectivity index is 1.96. The van der Waals surface area contributed by atoms with E-state index >= 15 is 0 Å². The summed E-state index contributed by atoms with van der Waals surface area (Å²) in [5, 5.41) is 14.0. The highest BCUT2D eigenvalue weighted by atomic mass is 19.1. The van der Waals surface area contributed by atoms with Crippen LogP contribution in [0.3, 0.4) is 0 Å². The summed E-state index contributed by atoms with van der Waals surface area (Å²) in [6, 6.07) is 3.02. The smallest absolute Gasteiger partial charge is 0.258 e. The number of aliphatic hydroxyl groups is 1. The highest BCUT2D eigenvalue weighted by molar-refractivity contribution is 5.54. The van der Waals surface area contributed by atoms with Crippen LogP contribution in [0.15, 0.2) is 22.7 Å². The van der Waals surface area contributed by atoms with Crippen molar-refractivity contribution in [2.24, 2.45) is 0 Å². The van der Waals surface area contributed by atoms with Crippen LogP contribution in [0.4, 0.5) is 8.78 Å². The fraction of sp³-hybridized carbons (Fsp3) is 0.385. The van der Waals surface area contributed by atoms with Gasteiger partial charge in [0.2, 0.25) is 5.82 Å². The molecule has 100 valence electrons. The molecule has 0 bridgehead atoms. The number of rotatable bonds is 2. The van der Waals surface area contributed by atoms with Crippen LogP contribution in [0.1, 0.15) is 31.6 Å². The number of halogens is 2. The number of aromatic nitrogens is 2. The van der Waals surface area contributed by atoms with Gasteiger partial charge < -0.3 is 9.63 Å². The van der Waals surface area contributed by atoms with Crippen molar-refractivity contribution >= 4 is 0 Å². The summed E-state index contributed by atoms with van der Waals surface area (Å²) in [7, 11) is 0. The lowest BCUT2D eigenvalue weighted by Gasteiger charge is -2.15. The minimum atomic E-state index is -1.10. The first-order valence-corrected chi connectivity index (χ1v) is 6.10. The standard InChI is InChI=1S/C13H12F2N2O2/c14-9-5-8(6-10(15)7-9)11-16-12(19-17-11)13(18)3-1-2-4-13/h5-7,18H,1-4H2. The zero-order valence-corrected chi connectivity index (χ0v) is 10.1. The molecule has 19 heavy (non-hydrogen) atoms. The van der Waals surface area contributed by atoms with Gasteiger partial charge >= 0.3 is 0 Å². The molecule has 1 saturated carbocycles. The van der Waals surface area contributed by atoms with Gasteiger partial charge in [0, 0.05) is 11.6 Å². The third-order valence-corrected chi connectivity index (χ3v) is 3.38. The van der Waals surface area contributed by atoms with E-state index in [4.69, 9.17) is 4.52 Å². The number of hydrogen-bond acceptors (Lipinski definition) is 4. The highest BCUT2D eigenvalue weighted by Gasteiger charge is 2.38. The zero-order valence-electron chi connectivity index (χ0n) is 10.1. The fourth-order valence-corrected chi connectivity index (χ4v) is 2.39. The summed E-state index contributed by atoms with van der Waals surface area (Å²) in [6.45, 7) is 0. The third kappa shape index (κ3) is 2.23. The largest absolute Gasteiger partial charge is 0.380 e. The molecule has 1 aliphatic carbocycles. The molecule has 1 aliphatic rings. The van der Waals surface area contributed by atoms with E-state index in [1.54, 1.807) is 0 Å². The quantitative estimate of drug-likeness (QED) is 0.908. The van der Waals surface area contributed by atoms with Crippen LogP contribution in [-0.2, 0) is 5.60 Å². The average Bonchev–Trinajstić information content (AvgIpc) is 2.96. The maximum absolute atomic E-state index is 13.1. The first-order chi connectivity index (χ1) is 9.07. The highest BCUT2D eigenvalue weighted by Crippen LogP contribution is 2.38. The van der Waals surface area contributed by atoms with E-state index in [0.29, 0.717) is 12.8 Å². The Hall–Kier alpha value is -1.82. The second-order valence-electron chi connectivity index (χ2n) is 4.82. The summed E-state index contributed by atoms with van der Waals surface area (Å²) in [4.78, 5) is 4.06. The molecule has 0 spiro atoms. The van der Waals surface area contributed by atoms with E-state index in [2.05, 4.69) is 10.1 Å². The summed E-state index contributed by atoms with van der Waals surface area (Å²) >= 11 is 0. The predicted molar refractivity (Wildman–Crippen MR) is 62.0 cm³/mol. The zero-order chi connectivity index (χ0) is 13.5. The fourth-order valence-electron chi connectivity index (χ4n) is 2.39. The van der Waals surface area contributed by atoms with Crippen LogP contribution in [-0.4, -0.2) is 15.2 Å². The lowest BCUT2D eigenvalue weighted by molar-refractivity contribution is 0.0112. The average molecular weight is 266 g/mol. The monoisotopic (exact) mass is 266 g/mol. The van der Waals surface area contributed by atoms with Gasteiger partial charge in [-0.05, 0) is 37.8 Å². The summed E-state index contributed by atoms with van der Waals surface area (Å²) in [6.07, 6.45) is 2.91. The van der Waals surface area contributed by atoms with Crippen molar-refractivity contribution in [3.63, 3.8) is 0 Å². The SMILES string of the molecule is OC1(c2nc(-c3cc(F)cc(F)c3)no2)CCCC1. The van der Waals surface area contributed by atoms with Gasteiger partial charge in [-0.25, -0.2) is 8.78 Å². The number of hydrogen-bond donors (Lipinski definition) is 1. The first kappa shape index (κ1) is 12.2. The van der Waals surface area contributed by atoms with Crippen LogP contribution in [0.25, 0.3) is 11.4 Å². The Morgan fingerprint density at radius 1 is 1.11 bits per heavy atom. The van der Waals surface area contributed by atoms with Gasteiger partial charge in [-0.3, -0.25) is 0 Å². The summed E-state index contributed by atoms with van der Waals surface area (Å²) < 4.78 is 31.3. The maximum atomic E-state index is 13.1. The molecule has 1 N–H and O–H groups in total. The Morgan fingerprint density at radius 2 is 1.74 bits per heavy atom. The Bertz CT molecular complexity index is 586. The van der Waals surface area contributed by atoms with Crippen LogP contribution in [0, 0.1) is 11.6 Å². The first-order valence-electron chi connectivity index (χ1n) is 6.10. The van der Waals surface area contributed by atoms with E-state index in [-0.39, 0.29) is 17.3 Å².